The lowest BCUT2D eigenvalue weighted by molar-refractivity contribution is 0.0913. The smallest absolute Gasteiger partial charge is 0.193 e. The van der Waals surface area contributed by atoms with Gasteiger partial charge in [0.1, 0.15) is 0 Å². The minimum absolute atomic E-state index is 0.166. The second-order valence-corrected chi connectivity index (χ2v) is 8.01. The first-order valence-corrected chi connectivity index (χ1v) is 10.8. The minimum Gasteiger partial charge on any atom is -0.373 e. The van der Waals surface area contributed by atoms with Gasteiger partial charge in [-0.2, -0.15) is 0 Å². The van der Waals surface area contributed by atoms with Gasteiger partial charge in [-0.15, -0.1) is 0 Å². The van der Waals surface area contributed by atoms with Gasteiger partial charge in [0, 0.05) is 52.3 Å². The number of piperazine rings is 1. The molecule has 2 atom stereocenters. The van der Waals surface area contributed by atoms with E-state index in [0.717, 1.165) is 62.4 Å². The Balaban J connectivity index is 1.32. The molecular weight excluding hydrogens is 384 g/mol. The molecule has 4 rings (SSSR count). The van der Waals surface area contributed by atoms with Crippen LogP contribution in [0.5, 0.6) is 0 Å². The third kappa shape index (κ3) is 4.68. The molecule has 154 valence electrons. The molecule has 2 aliphatic heterocycles. The van der Waals surface area contributed by atoms with E-state index in [1.807, 2.05) is 25.2 Å². The van der Waals surface area contributed by atoms with E-state index in [1.165, 1.54) is 5.56 Å². The Morgan fingerprint density at radius 3 is 2.52 bits per heavy atom. The molecule has 2 saturated heterocycles. The number of aliphatic imine (C=N–C) groups is 1. The number of nitrogens with zero attached hydrogens (tertiary/aromatic N) is 3. The molecule has 29 heavy (non-hydrogen) atoms. The Morgan fingerprint density at radius 1 is 1.07 bits per heavy atom. The van der Waals surface area contributed by atoms with Gasteiger partial charge in [0.05, 0.1) is 16.8 Å². The summed E-state index contributed by atoms with van der Waals surface area (Å²) in [7, 11) is 1.86. The average Bonchev–Trinajstić information content (AvgIpc) is 3.24. The number of rotatable bonds is 4. The van der Waals surface area contributed by atoms with Gasteiger partial charge in [0.15, 0.2) is 5.96 Å². The minimum atomic E-state index is 0.166. The van der Waals surface area contributed by atoms with Crippen LogP contribution in [0.25, 0.3) is 0 Å². The van der Waals surface area contributed by atoms with Crippen molar-refractivity contribution in [3.05, 3.63) is 65.2 Å². The van der Waals surface area contributed by atoms with Crippen molar-refractivity contribution in [3.8, 4) is 0 Å². The van der Waals surface area contributed by atoms with Crippen molar-refractivity contribution in [2.75, 3.05) is 51.3 Å². The van der Waals surface area contributed by atoms with Crippen molar-refractivity contribution in [1.29, 1.82) is 0 Å². The molecule has 1 N–H and O–H groups in total. The zero-order valence-corrected chi connectivity index (χ0v) is 17.7. The summed E-state index contributed by atoms with van der Waals surface area (Å²) in [5.74, 6) is 1.43. The van der Waals surface area contributed by atoms with Crippen LogP contribution in [-0.2, 0) is 4.74 Å². The summed E-state index contributed by atoms with van der Waals surface area (Å²) in [6.45, 7) is 5.41. The van der Waals surface area contributed by atoms with Crippen molar-refractivity contribution in [2.24, 2.45) is 10.9 Å². The predicted octanol–water partition coefficient (Wildman–Crippen LogP) is 3.82. The quantitative estimate of drug-likeness (QED) is 0.612. The summed E-state index contributed by atoms with van der Waals surface area (Å²) in [4.78, 5) is 9.22. The molecule has 0 bridgehead atoms. The molecule has 2 fully saturated rings. The number of para-hydroxylation sites is 1. The molecule has 0 saturated carbocycles. The topological polar surface area (TPSA) is 40.1 Å². The molecule has 2 aromatic rings. The Labute approximate surface area is 178 Å². The van der Waals surface area contributed by atoms with Gasteiger partial charge in [-0.1, -0.05) is 54.1 Å². The number of nitrogens with one attached hydrogen (secondary N) is 1. The number of hydrogen-bond donors (Lipinski definition) is 1. The molecule has 0 spiro atoms. The van der Waals surface area contributed by atoms with E-state index in [0.29, 0.717) is 5.92 Å². The number of anilines is 1. The summed E-state index contributed by atoms with van der Waals surface area (Å²) < 4.78 is 6.02. The summed E-state index contributed by atoms with van der Waals surface area (Å²) in [5.41, 5.74) is 2.38. The van der Waals surface area contributed by atoms with Gasteiger partial charge < -0.3 is 19.9 Å². The summed E-state index contributed by atoms with van der Waals surface area (Å²) >= 11 is 6.37. The SMILES string of the molecule is CN=C(NCC1CCOC1c1ccccc1)N1CCN(c2ccccc2Cl)CC1. The van der Waals surface area contributed by atoms with E-state index in [1.54, 1.807) is 0 Å². The summed E-state index contributed by atoms with van der Waals surface area (Å²) in [6, 6.07) is 18.6. The zero-order chi connectivity index (χ0) is 20.1. The van der Waals surface area contributed by atoms with E-state index < -0.39 is 0 Å². The van der Waals surface area contributed by atoms with E-state index >= 15 is 0 Å². The molecule has 2 unspecified atom stereocenters. The first kappa shape index (κ1) is 20.0. The maximum atomic E-state index is 6.37. The van der Waals surface area contributed by atoms with Crippen LogP contribution in [0.1, 0.15) is 18.1 Å². The molecule has 5 nitrogen and oxygen atoms in total. The number of hydrogen-bond acceptors (Lipinski definition) is 3. The highest BCUT2D eigenvalue weighted by Crippen LogP contribution is 2.34. The van der Waals surface area contributed by atoms with Crippen LogP contribution >= 0.6 is 11.6 Å². The van der Waals surface area contributed by atoms with Gasteiger partial charge >= 0.3 is 0 Å². The third-order valence-corrected chi connectivity index (χ3v) is 6.17. The largest absolute Gasteiger partial charge is 0.373 e. The van der Waals surface area contributed by atoms with Crippen molar-refractivity contribution in [3.63, 3.8) is 0 Å². The van der Waals surface area contributed by atoms with E-state index in [-0.39, 0.29) is 6.10 Å². The van der Waals surface area contributed by atoms with Crippen molar-refractivity contribution < 1.29 is 4.74 Å². The highest BCUT2D eigenvalue weighted by atomic mass is 35.5. The Morgan fingerprint density at radius 2 is 1.79 bits per heavy atom. The van der Waals surface area contributed by atoms with E-state index in [2.05, 4.69) is 56.5 Å². The lowest BCUT2D eigenvalue weighted by Gasteiger charge is -2.38. The second kappa shape index (κ2) is 9.51. The summed E-state index contributed by atoms with van der Waals surface area (Å²) in [6.07, 6.45) is 1.24. The molecule has 2 aromatic carbocycles. The molecule has 0 aromatic heterocycles. The molecule has 2 heterocycles. The lowest BCUT2D eigenvalue weighted by Crippen LogP contribution is -2.53. The van der Waals surface area contributed by atoms with Crippen LogP contribution < -0.4 is 10.2 Å². The van der Waals surface area contributed by atoms with Crippen LogP contribution in [0, 0.1) is 5.92 Å². The fraction of sp³-hybridized carbons (Fsp3) is 0.435. The van der Waals surface area contributed by atoms with Crippen LogP contribution in [0.3, 0.4) is 0 Å². The second-order valence-electron chi connectivity index (χ2n) is 7.60. The highest BCUT2D eigenvalue weighted by Gasteiger charge is 2.30. The number of halogens is 1. The van der Waals surface area contributed by atoms with Crippen LogP contribution in [-0.4, -0.2) is 57.2 Å². The molecular formula is C23H29ClN4O. The van der Waals surface area contributed by atoms with E-state index in [4.69, 9.17) is 16.3 Å². The van der Waals surface area contributed by atoms with Crippen LogP contribution in [0.2, 0.25) is 5.02 Å². The number of guanidine groups is 1. The maximum absolute atomic E-state index is 6.37. The zero-order valence-electron chi connectivity index (χ0n) is 16.9. The maximum Gasteiger partial charge on any atom is 0.193 e. The van der Waals surface area contributed by atoms with Crippen molar-refractivity contribution in [2.45, 2.75) is 12.5 Å². The Hall–Kier alpha value is -2.24. The lowest BCUT2D eigenvalue weighted by atomic mass is 9.95. The van der Waals surface area contributed by atoms with Gasteiger partial charge in [-0.25, -0.2) is 0 Å². The van der Waals surface area contributed by atoms with Gasteiger partial charge in [-0.3, -0.25) is 4.99 Å². The average molecular weight is 413 g/mol. The van der Waals surface area contributed by atoms with Crippen LogP contribution in [0.15, 0.2) is 59.6 Å². The van der Waals surface area contributed by atoms with Crippen LogP contribution in [0.4, 0.5) is 5.69 Å². The molecule has 2 aliphatic rings. The Bertz CT molecular complexity index is 821. The Kier molecular flexibility index (Phi) is 6.57. The van der Waals surface area contributed by atoms with Gasteiger partial charge in [0.2, 0.25) is 0 Å². The first-order chi connectivity index (χ1) is 14.3. The molecule has 0 amide bonds. The predicted molar refractivity (Wildman–Crippen MR) is 120 cm³/mol. The van der Waals surface area contributed by atoms with E-state index in [9.17, 15) is 0 Å². The molecule has 0 radical (unpaired) electrons. The normalized spacial score (nSPS) is 22.8. The van der Waals surface area contributed by atoms with Crippen molar-refractivity contribution >= 4 is 23.2 Å². The van der Waals surface area contributed by atoms with Crippen molar-refractivity contribution in [1.82, 2.24) is 10.2 Å². The monoisotopic (exact) mass is 412 g/mol. The first-order valence-electron chi connectivity index (χ1n) is 10.4. The molecule has 6 heteroatoms. The third-order valence-electron chi connectivity index (χ3n) is 5.85. The highest BCUT2D eigenvalue weighted by molar-refractivity contribution is 6.33. The van der Waals surface area contributed by atoms with Gasteiger partial charge in [-0.05, 0) is 24.1 Å². The number of benzene rings is 2. The molecule has 0 aliphatic carbocycles. The fourth-order valence-electron chi connectivity index (χ4n) is 4.28. The van der Waals surface area contributed by atoms with Gasteiger partial charge in [0.25, 0.3) is 0 Å². The fourth-order valence-corrected chi connectivity index (χ4v) is 4.53. The number of ether oxygens (including phenoxy) is 1. The summed E-state index contributed by atoms with van der Waals surface area (Å²) in [5, 5.41) is 4.41. The standard InChI is InChI=1S/C23H29ClN4O/c1-25-23(26-17-19-11-16-29-22(19)18-7-3-2-4-8-18)28-14-12-27(13-15-28)21-10-6-5-9-20(21)24/h2-10,19,22H,11-17H2,1H3,(H,25,26).